The summed E-state index contributed by atoms with van der Waals surface area (Å²) in [7, 11) is 0. The van der Waals surface area contributed by atoms with E-state index in [9.17, 15) is 20.2 Å². The van der Waals surface area contributed by atoms with Crippen molar-refractivity contribution < 1.29 is 9.85 Å². The Labute approximate surface area is 285 Å². The summed E-state index contributed by atoms with van der Waals surface area (Å²) in [6, 6.07) is 19.6. The second kappa shape index (κ2) is 18.7. The first-order valence-corrected chi connectivity index (χ1v) is 15.8. The van der Waals surface area contributed by atoms with Crippen molar-refractivity contribution in [1.82, 2.24) is 0 Å². The van der Waals surface area contributed by atoms with Gasteiger partial charge in [-0.2, -0.15) is 0 Å². The summed E-state index contributed by atoms with van der Waals surface area (Å²) in [6.07, 6.45) is 2.02. The van der Waals surface area contributed by atoms with Gasteiger partial charge in [0.25, 0.3) is 11.4 Å². The highest BCUT2D eigenvalue weighted by atomic mass is 79.9. The topological polar surface area (TPSA) is 138 Å². The van der Waals surface area contributed by atoms with Crippen molar-refractivity contribution in [1.29, 1.82) is 0 Å². The predicted octanol–water partition coefficient (Wildman–Crippen LogP) is 11.4. The average Bonchev–Trinajstić information content (AvgIpc) is 2.91. The van der Waals surface area contributed by atoms with Crippen LogP contribution in [0.5, 0.6) is 0 Å². The summed E-state index contributed by atoms with van der Waals surface area (Å²) < 4.78 is 2.42. The fourth-order valence-corrected chi connectivity index (χ4v) is 5.08. The van der Waals surface area contributed by atoms with Crippen LogP contribution in [0, 0.1) is 20.2 Å². The van der Waals surface area contributed by atoms with Crippen LogP contribution in [-0.4, -0.2) is 16.1 Å². The highest BCUT2D eigenvalue weighted by Gasteiger charge is 2.11. The molecular weight excluding hydrogens is 834 g/mol. The number of nitrogens with zero attached hydrogens (tertiary/aromatic N) is 2. The minimum absolute atomic E-state index is 0.0162. The van der Waals surface area contributed by atoms with E-state index in [0.717, 1.165) is 14.0 Å². The second-order valence-corrected chi connectivity index (χ2v) is 12.4. The van der Waals surface area contributed by atoms with Gasteiger partial charge in [0.1, 0.15) is 5.69 Å². The molecule has 8 nitrogen and oxygen atoms in total. The molecule has 4 aromatic carbocycles. The number of nitrogen functional groups attached to an aromatic ring is 2. The zero-order chi connectivity index (χ0) is 31.3. The zero-order valence-electron chi connectivity index (χ0n) is 20.7. The van der Waals surface area contributed by atoms with E-state index in [-0.39, 0.29) is 17.1 Å². The molecule has 0 aromatic heterocycles. The van der Waals surface area contributed by atoms with Crippen LogP contribution in [0.4, 0.5) is 22.7 Å². The molecule has 4 aromatic rings. The molecule has 0 saturated carbocycles. The van der Waals surface area contributed by atoms with Gasteiger partial charge in [0.15, 0.2) is 0 Å². The molecule has 0 heterocycles. The van der Waals surface area contributed by atoms with Crippen molar-refractivity contribution in [3.05, 3.63) is 127 Å². The third kappa shape index (κ3) is 13.8. The maximum absolute atomic E-state index is 10.3. The predicted molar refractivity (Wildman–Crippen MR) is 183 cm³/mol. The van der Waals surface area contributed by atoms with Gasteiger partial charge in [0.05, 0.1) is 14.3 Å². The molecule has 41 heavy (non-hydrogen) atoms. The Morgan fingerprint density at radius 3 is 1.41 bits per heavy atom. The van der Waals surface area contributed by atoms with Gasteiger partial charge in [-0.3, -0.25) is 20.2 Å². The molecule has 0 radical (unpaired) electrons. The molecule has 0 aliphatic rings. The SMILES string of the molecule is CSc1cc(Cl)ccc1Br.Nc1cc(Cl)ccc1Br.Nc1ccc(Cl)cc1[N+](=O)[O-].O=[N+]([O-])c1cc(Cl)ccc1Br. The van der Waals surface area contributed by atoms with Crippen molar-refractivity contribution in [2.75, 3.05) is 17.7 Å². The smallest absolute Gasteiger partial charge is 0.293 e. The first kappa shape index (κ1) is 37.3. The highest BCUT2D eigenvalue weighted by Crippen LogP contribution is 2.29. The van der Waals surface area contributed by atoms with Crippen molar-refractivity contribution in [2.24, 2.45) is 0 Å². The van der Waals surface area contributed by atoms with E-state index >= 15 is 0 Å². The largest absolute Gasteiger partial charge is 0.398 e. The minimum Gasteiger partial charge on any atom is -0.398 e. The number of halogens is 7. The fourth-order valence-electron chi connectivity index (χ4n) is 2.45. The van der Waals surface area contributed by atoms with E-state index in [2.05, 4.69) is 47.8 Å². The molecule has 0 spiro atoms. The van der Waals surface area contributed by atoms with Crippen molar-refractivity contribution >= 4 is 129 Å². The Morgan fingerprint density at radius 2 is 1.02 bits per heavy atom. The standard InChI is InChI=1S/C7H6BrClS.C6H3BrClNO2.C6H5BrClN.C6H5ClN2O2/c1-10-7-4-5(9)2-3-6(7)8;7-5-2-1-4(8)3-6(5)9(10)11;7-5-2-1-4(8)3-6(5)9;7-4-1-2-5(8)6(3-4)9(10)11/h2-4H,1H3;1-3H;1-3H,9H2;1-3H,8H2. The molecule has 0 fully saturated rings. The molecule has 4 rings (SSSR count). The average molecular weight is 853 g/mol. The van der Waals surface area contributed by atoms with Crippen molar-refractivity contribution in [3.8, 4) is 0 Å². The van der Waals surface area contributed by atoms with E-state index in [1.807, 2.05) is 30.5 Å². The molecule has 0 amide bonds. The van der Waals surface area contributed by atoms with Gasteiger partial charge < -0.3 is 11.5 Å². The van der Waals surface area contributed by atoms with Crippen LogP contribution in [-0.2, 0) is 0 Å². The van der Waals surface area contributed by atoms with Gasteiger partial charge in [0.2, 0.25) is 0 Å². The summed E-state index contributed by atoms with van der Waals surface area (Å²) in [6.45, 7) is 0. The molecule has 16 heteroatoms. The van der Waals surface area contributed by atoms with Crippen LogP contribution < -0.4 is 11.5 Å². The second-order valence-electron chi connectivity index (χ2n) is 7.26. The molecule has 0 aliphatic carbocycles. The maximum atomic E-state index is 10.3. The number of nitro benzene ring substituents is 2. The van der Waals surface area contributed by atoms with Crippen molar-refractivity contribution in [2.45, 2.75) is 4.90 Å². The quantitative estimate of drug-likeness (QED) is 0.0905. The zero-order valence-corrected chi connectivity index (χ0v) is 29.3. The van der Waals surface area contributed by atoms with E-state index in [1.54, 1.807) is 36.0 Å². The number of nitrogens with two attached hydrogens (primary N) is 2. The molecule has 0 bridgehead atoms. The Kier molecular flexibility index (Phi) is 17.0. The Morgan fingerprint density at radius 1 is 0.610 bits per heavy atom. The maximum Gasteiger partial charge on any atom is 0.293 e. The number of hydrogen-bond acceptors (Lipinski definition) is 7. The lowest BCUT2D eigenvalue weighted by Crippen LogP contribution is -1.94. The number of benzene rings is 4. The van der Waals surface area contributed by atoms with E-state index in [1.165, 1.54) is 29.2 Å². The molecule has 0 unspecified atom stereocenters. The Hall–Kier alpha value is -1.77. The summed E-state index contributed by atoms with van der Waals surface area (Å²) in [5.41, 5.74) is 11.4. The molecule has 218 valence electrons. The first-order valence-electron chi connectivity index (χ1n) is 10.6. The number of anilines is 2. The van der Waals surface area contributed by atoms with E-state index in [0.29, 0.717) is 25.2 Å². The summed E-state index contributed by atoms with van der Waals surface area (Å²) >= 11 is 33.8. The molecule has 4 N–H and O–H groups in total. The number of rotatable bonds is 3. The normalized spacial score (nSPS) is 9.66. The van der Waals surface area contributed by atoms with Crippen LogP contribution in [0.15, 0.2) is 91.1 Å². The van der Waals surface area contributed by atoms with Crippen LogP contribution >= 0.6 is 106 Å². The van der Waals surface area contributed by atoms with Crippen LogP contribution in [0.3, 0.4) is 0 Å². The van der Waals surface area contributed by atoms with Crippen LogP contribution in [0.2, 0.25) is 20.1 Å². The minimum atomic E-state index is -0.568. The molecule has 0 atom stereocenters. The Balaban J connectivity index is 0.000000274. The van der Waals surface area contributed by atoms with E-state index in [4.69, 9.17) is 57.9 Å². The highest BCUT2D eigenvalue weighted by molar-refractivity contribution is 9.11. The lowest BCUT2D eigenvalue weighted by Gasteiger charge is -1.98. The molecular formula is C25H19Br3Cl4N4O4S. The molecule has 0 aliphatic heterocycles. The van der Waals surface area contributed by atoms with Crippen LogP contribution in [0.25, 0.3) is 0 Å². The molecule has 0 saturated heterocycles. The van der Waals surface area contributed by atoms with Crippen molar-refractivity contribution in [3.63, 3.8) is 0 Å². The summed E-state index contributed by atoms with van der Waals surface area (Å²) in [5.74, 6) is 0. The van der Waals surface area contributed by atoms with Gasteiger partial charge in [-0.05, 0) is 115 Å². The first-order chi connectivity index (χ1) is 19.2. The third-order valence-electron chi connectivity index (χ3n) is 4.37. The third-order valence-corrected chi connectivity index (χ3v) is 8.43. The van der Waals surface area contributed by atoms with Gasteiger partial charge in [-0.15, -0.1) is 11.8 Å². The van der Waals surface area contributed by atoms with Gasteiger partial charge in [0, 0.05) is 51.8 Å². The van der Waals surface area contributed by atoms with Gasteiger partial charge in [-0.1, -0.05) is 46.4 Å². The van der Waals surface area contributed by atoms with E-state index < -0.39 is 9.85 Å². The number of nitro groups is 2. The Bertz CT molecular complexity index is 1460. The number of hydrogen-bond donors (Lipinski definition) is 2. The lowest BCUT2D eigenvalue weighted by atomic mass is 10.3. The van der Waals surface area contributed by atoms with Crippen LogP contribution in [0.1, 0.15) is 0 Å². The summed E-state index contributed by atoms with van der Waals surface area (Å²) in [4.78, 5) is 20.6. The lowest BCUT2D eigenvalue weighted by molar-refractivity contribution is -0.385. The number of thioether (sulfide) groups is 1. The van der Waals surface area contributed by atoms with Gasteiger partial charge >= 0.3 is 0 Å². The summed E-state index contributed by atoms with van der Waals surface area (Å²) in [5, 5.41) is 22.7. The monoisotopic (exact) mass is 848 g/mol. The van der Waals surface area contributed by atoms with Gasteiger partial charge in [-0.25, -0.2) is 0 Å². The fraction of sp³-hybridized carbons (Fsp3) is 0.0400.